The monoisotopic (exact) mass is 590 g/mol. The zero-order valence-electron chi connectivity index (χ0n) is 23.7. The summed E-state index contributed by atoms with van der Waals surface area (Å²) in [5.41, 5.74) is 4.82. The van der Waals surface area contributed by atoms with Crippen LogP contribution in [0, 0.1) is 12.8 Å². The van der Waals surface area contributed by atoms with Crippen molar-refractivity contribution in [2.24, 2.45) is 5.92 Å². The Bertz CT molecular complexity index is 1710. The van der Waals surface area contributed by atoms with Crippen LogP contribution in [0.2, 0.25) is 0 Å². The molecule has 1 aliphatic heterocycles. The molecule has 0 saturated carbocycles. The SMILES string of the molecule is [2H]c1nn2c3c(c(=O)n(-c4ccc(C(=O)NC)cc4)c2c1CC(C)C)C[C@@H](C)N(C(=O)c1ccc(Br)c(C)c1)C3. The van der Waals surface area contributed by atoms with E-state index in [1.165, 1.54) is 0 Å². The van der Waals surface area contributed by atoms with Gasteiger partial charge in [0.1, 0.15) is 5.65 Å². The van der Waals surface area contributed by atoms with E-state index in [2.05, 4.69) is 40.2 Å². The fraction of sp³-hybridized carbons (Fsp3) is 0.333. The summed E-state index contributed by atoms with van der Waals surface area (Å²) in [6, 6.07) is 12.2. The number of fused-ring (bicyclic) bond motifs is 3. The third kappa shape index (κ3) is 4.80. The van der Waals surface area contributed by atoms with Gasteiger partial charge in [-0.05, 0) is 80.6 Å². The minimum Gasteiger partial charge on any atom is -0.355 e. The quantitative estimate of drug-likeness (QED) is 0.365. The molecule has 9 heteroatoms. The van der Waals surface area contributed by atoms with Crippen LogP contribution in [0.3, 0.4) is 0 Å². The molecule has 1 N–H and O–H groups in total. The summed E-state index contributed by atoms with van der Waals surface area (Å²) in [5.74, 6) is -0.102. The Morgan fingerprint density at radius 3 is 2.51 bits per heavy atom. The summed E-state index contributed by atoms with van der Waals surface area (Å²) in [6.07, 6.45) is 1.03. The van der Waals surface area contributed by atoms with Gasteiger partial charge in [0.2, 0.25) is 0 Å². The third-order valence-electron chi connectivity index (χ3n) is 7.28. The van der Waals surface area contributed by atoms with Crippen molar-refractivity contribution in [2.45, 2.75) is 53.1 Å². The van der Waals surface area contributed by atoms with Gasteiger partial charge < -0.3 is 10.2 Å². The van der Waals surface area contributed by atoms with E-state index in [0.717, 1.165) is 10.0 Å². The molecule has 39 heavy (non-hydrogen) atoms. The second kappa shape index (κ2) is 10.4. The van der Waals surface area contributed by atoms with Crippen LogP contribution in [0.25, 0.3) is 11.3 Å². The lowest BCUT2D eigenvalue weighted by atomic mass is 9.97. The first-order chi connectivity index (χ1) is 19.0. The summed E-state index contributed by atoms with van der Waals surface area (Å²) in [5, 5.41) is 7.21. The molecular weight excluding hydrogens is 558 g/mol. The van der Waals surface area contributed by atoms with Crippen molar-refractivity contribution in [3.8, 4) is 5.69 Å². The summed E-state index contributed by atoms with van der Waals surface area (Å²) in [6.45, 7) is 8.21. The van der Waals surface area contributed by atoms with E-state index in [1.807, 2.05) is 26.0 Å². The summed E-state index contributed by atoms with van der Waals surface area (Å²) in [4.78, 5) is 41.7. The summed E-state index contributed by atoms with van der Waals surface area (Å²) in [7, 11) is 1.57. The van der Waals surface area contributed by atoms with Gasteiger partial charge in [-0.3, -0.25) is 19.0 Å². The van der Waals surface area contributed by atoms with Crippen LogP contribution in [0.5, 0.6) is 0 Å². The third-order valence-corrected chi connectivity index (χ3v) is 8.17. The zero-order chi connectivity index (χ0) is 28.9. The van der Waals surface area contributed by atoms with Crippen LogP contribution < -0.4 is 10.9 Å². The van der Waals surface area contributed by atoms with E-state index in [1.54, 1.807) is 51.4 Å². The fourth-order valence-corrected chi connectivity index (χ4v) is 5.48. The van der Waals surface area contributed by atoms with Crippen molar-refractivity contribution < 1.29 is 11.0 Å². The van der Waals surface area contributed by atoms with Crippen LogP contribution >= 0.6 is 15.9 Å². The molecule has 1 atom stereocenters. The predicted molar refractivity (Wildman–Crippen MR) is 155 cm³/mol. The fourth-order valence-electron chi connectivity index (χ4n) is 5.23. The molecule has 0 aliphatic carbocycles. The van der Waals surface area contributed by atoms with Gasteiger partial charge >= 0.3 is 0 Å². The lowest BCUT2D eigenvalue weighted by Crippen LogP contribution is -2.46. The highest BCUT2D eigenvalue weighted by Gasteiger charge is 2.33. The highest BCUT2D eigenvalue weighted by atomic mass is 79.9. The summed E-state index contributed by atoms with van der Waals surface area (Å²) >= 11 is 3.50. The van der Waals surface area contributed by atoms with Crippen molar-refractivity contribution in [2.75, 3.05) is 7.05 Å². The number of benzene rings is 2. The van der Waals surface area contributed by atoms with Crippen LogP contribution in [-0.4, -0.2) is 44.0 Å². The van der Waals surface area contributed by atoms with Gasteiger partial charge in [-0.15, -0.1) is 0 Å². The lowest BCUT2D eigenvalue weighted by molar-refractivity contribution is 0.0651. The number of nitrogens with one attached hydrogen (secondary N) is 1. The molecule has 8 nitrogen and oxygen atoms in total. The van der Waals surface area contributed by atoms with Gasteiger partial charge in [-0.2, -0.15) is 5.10 Å². The molecule has 3 heterocycles. The maximum Gasteiger partial charge on any atom is 0.261 e. The van der Waals surface area contributed by atoms with Gasteiger partial charge in [0, 0.05) is 39.8 Å². The Kier molecular flexibility index (Phi) is 6.85. The first kappa shape index (κ1) is 25.6. The number of hydrogen-bond acceptors (Lipinski definition) is 4. The number of carbonyl (C=O) groups excluding carboxylic acids is 2. The Morgan fingerprint density at radius 1 is 1.18 bits per heavy atom. The minimum absolute atomic E-state index is 0.109. The van der Waals surface area contributed by atoms with Crippen molar-refractivity contribution in [3.63, 3.8) is 0 Å². The van der Waals surface area contributed by atoms with E-state index < -0.39 is 0 Å². The molecule has 2 amide bonds. The van der Waals surface area contributed by atoms with Crippen LogP contribution in [-0.2, 0) is 19.4 Å². The number of aryl methyl sites for hydroxylation is 1. The molecule has 0 fully saturated rings. The minimum atomic E-state index is -0.223. The van der Waals surface area contributed by atoms with E-state index in [9.17, 15) is 14.4 Å². The highest BCUT2D eigenvalue weighted by Crippen LogP contribution is 2.28. The number of carbonyl (C=O) groups is 2. The molecule has 0 spiro atoms. The number of hydrogen-bond donors (Lipinski definition) is 1. The van der Waals surface area contributed by atoms with Gasteiger partial charge in [-0.25, -0.2) is 4.52 Å². The largest absolute Gasteiger partial charge is 0.355 e. The number of amides is 2. The standard InChI is InChI=1S/C30H32BrN5O3/c1-17(2)12-22-15-33-36-26-16-34(29(38)21-8-11-25(31)18(3)13-21)19(4)14-24(26)30(39)35(28(22)36)23-9-6-20(7-10-23)27(37)32-5/h6-11,13,15,17,19H,12,14,16H2,1-5H3,(H,32,37)/t19-/m1/s1/i15D. The normalized spacial score (nSPS) is 15.4. The van der Waals surface area contributed by atoms with Gasteiger partial charge in [0.25, 0.3) is 17.4 Å². The molecule has 0 saturated heterocycles. The van der Waals surface area contributed by atoms with Crippen molar-refractivity contribution in [1.82, 2.24) is 24.4 Å². The first-order valence-corrected chi connectivity index (χ1v) is 13.9. The Labute approximate surface area is 237 Å². The molecule has 2 aromatic heterocycles. The Morgan fingerprint density at radius 2 is 1.87 bits per heavy atom. The van der Waals surface area contributed by atoms with Crippen molar-refractivity contribution in [1.29, 1.82) is 0 Å². The number of nitrogens with zero attached hydrogens (tertiary/aromatic N) is 4. The van der Waals surface area contributed by atoms with Gasteiger partial charge in [0.05, 0.1) is 25.5 Å². The van der Waals surface area contributed by atoms with Crippen LogP contribution in [0.1, 0.15) is 65.2 Å². The molecule has 0 bridgehead atoms. The number of halogens is 1. The second-order valence-electron chi connectivity index (χ2n) is 10.6. The van der Waals surface area contributed by atoms with Crippen molar-refractivity contribution >= 4 is 33.4 Å². The molecule has 5 rings (SSSR count). The smallest absolute Gasteiger partial charge is 0.261 e. The molecule has 0 unspecified atom stereocenters. The maximum atomic E-state index is 14.2. The van der Waals surface area contributed by atoms with E-state index in [0.29, 0.717) is 52.1 Å². The van der Waals surface area contributed by atoms with E-state index in [4.69, 9.17) is 1.37 Å². The molecule has 202 valence electrons. The number of rotatable bonds is 5. The van der Waals surface area contributed by atoms with Gasteiger partial charge in [0.15, 0.2) is 0 Å². The summed E-state index contributed by atoms with van der Waals surface area (Å²) < 4.78 is 12.9. The Balaban J connectivity index is 1.70. The molecular formula is C30H32BrN5O3. The zero-order valence-corrected chi connectivity index (χ0v) is 24.3. The first-order valence-electron chi connectivity index (χ1n) is 13.6. The molecule has 4 aromatic rings. The van der Waals surface area contributed by atoms with Gasteiger partial charge in [-0.1, -0.05) is 29.8 Å². The van der Waals surface area contributed by atoms with E-state index >= 15 is 0 Å². The lowest BCUT2D eigenvalue weighted by Gasteiger charge is -2.35. The van der Waals surface area contributed by atoms with Crippen LogP contribution in [0.4, 0.5) is 0 Å². The number of aromatic nitrogens is 3. The van der Waals surface area contributed by atoms with Crippen LogP contribution in [0.15, 0.2) is 57.9 Å². The Hall–Kier alpha value is -3.72. The highest BCUT2D eigenvalue weighted by molar-refractivity contribution is 9.10. The molecule has 2 aromatic carbocycles. The average molecular weight is 592 g/mol. The predicted octanol–water partition coefficient (Wildman–Crippen LogP) is 4.70. The topological polar surface area (TPSA) is 88.7 Å². The van der Waals surface area contributed by atoms with Crippen molar-refractivity contribution in [3.05, 3.63) is 97.0 Å². The molecule has 0 radical (unpaired) electrons. The average Bonchev–Trinajstić information content (AvgIpc) is 3.24. The molecule has 1 aliphatic rings. The van der Waals surface area contributed by atoms with E-state index in [-0.39, 0.29) is 42.1 Å². The maximum absolute atomic E-state index is 14.2. The second-order valence-corrected chi connectivity index (χ2v) is 11.4.